The van der Waals surface area contributed by atoms with E-state index in [9.17, 15) is 4.39 Å². The monoisotopic (exact) mass is 303 g/mol. The number of hydrogen-bond donors (Lipinski definition) is 1. The Labute approximate surface area is 108 Å². The highest BCUT2D eigenvalue weighted by molar-refractivity contribution is 9.10. The topological polar surface area (TPSA) is 12.0 Å². The van der Waals surface area contributed by atoms with Crippen molar-refractivity contribution < 1.29 is 4.39 Å². The Morgan fingerprint density at radius 2 is 2.31 bits per heavy atom. The smallest absolute Gasteiger partial charge is 0.147 e. The summed E-state index contributed by atoms with van der Waals surface area (Å²) in [4.78, 5) is 0. The van der Waals surface area contributed by atoms with Crippen LogP contribution in [-0.2, 0) is 0 Å². The van der Waals surface area contributed by atoms with E-state index < -0.39 is 0 Å². The molecule has 1 heterocycles. The van der Waals surface area contributed by atoms with Gasteiger partial charge in [-0.3, -0.25) is 0 Å². The van der Waals surface area contributed by atoms with Crippen LogP contribution in [0.3, 0.4) is 0 Å². The van der Waals surface area contributed by atoms with Gasteiger partial charge >= 0.3 is 0 Å². The number of nitrogens with one attached hydrogen (secondary N) is 1. The zero-order chi connectivity index (χ0) is 11.5. The first-order chi connectivity index (χ1) is 7.68. The lowest BCUT2D eigenvalue weighted by molar-refractivity contribution is 0.595. The fourth-order valence-corrected chi connectivity index (χ4v) is 3.53. The molecular weight excluding hydrogens is 289 g/mol. The summed E-state index contributed by atoms with van der Waals surface area (Å²) in [5.74, 6) is 1.04. The van der Waals surface area contributed by atoms with Gasteiger partial charge in [-0.2, -0.15) is 11.8 Å². The molecule has 16 heavy (non-hydrogen) atoms. The van der Waals surface area contributed by atoms with Crippen LogP contribution in [0, 0.1) is 5.82 Å². The zero-order valence-electron chi connectivity index (χ0n) is 9.17. The molecule has 88 valence electrons. The second kappa shape index (κ2) is 5.41. The summed E-state index contributed by atoms with van der Waals surface area (Å²) >= 11 is 5.34. The summed E-state index contributed by atoms with van der Waals surface area (Å²) in [7, 11) is 0. The highest BCUT2D eigenvalue weighted by Crippen LogP contribution is 2.31. The second-order valence-corrected chi connectivity index (χ2v) is 6.41. The molecule has 0 bridgehead atoms. The van der Waals surface area contributed by atoms with E-state index in [1.54, 1.807) is 6.07 Å². The summed E-state index contributed by atoms with van der Waals surface area (Å²) in [6.45, 7) is 2.20. The molecule has 2 unspecified atom stereocenters. The largest absolute Gasteiger partial charge is 0.378 e. The van der Waals surface area contributed by atoms with Gasteiger partial charge in [-0.15, -0.1) is 0 Å². The lowest BCUT2D eigenvalue weighted by Gasteiger charge is -2.30. The molecule has 1 fully saturated rings. The van der Waals surface area contributed by atoms with Crippen molar-refractivity contribution in [1.29, 1.82) is 0 Å². The van der Waals surface area contributed by atoms with Crippen LogP contribution in [0.25, 0.3) is 0 Å². The summed E-state index contributed by atoms with van der Waals surface area (Å²) in [5, 5.41) is 3.87. The van der Waals surface area contributed by atoms with Gasteiger partial charge in [0.2, 0.25) is 0 Å². The van der Waals surface area contributed by atoms with Gasteiger partial charge < -0.3 is 5.32 Å². The molecule has 4 heteroatoms. The maximum Gasteiger partial charge on any atom is 0.147 e. The molecule has 1 aromatic rings. The van der Waals surface area contributed by atoms with Crippen molar-refractivity contribution >= 4 is 33.4 Å². The van der Waals surface area contributed by atoms with Gasteiger partial charge in [-0.25, -0.2) is 4.39 Å². The van der Waals surface area contributed by atoms with Gasteiger partial charge in [0.25, 0.3) is 0 Å². The number of rotatable bonds is 2. The third-order valence-electron chi connectivity index (χ3n) is 2.90. The van der Waals surface area contributed by atoms with Crippen LogP contribution in [0.5, 0.6) is 0 Å². The molecule has 1 N–H and O–H groups in total. The summed E-state index contributed by atoms with van der Waals surface area (Å²) < 4.78 is 14.4. The average Bonchev–Trinajstić information content (AvgIpc) is 2.26. The van der Waals surface area contributed by atoms with Crippen LogP contribution in [0.15, 0.2) is 22.7 Å². The highest BCUT2D eigenvalue weighted by Gasteiger charge is 2.23. The third-order valence-corrected chi connectivity index (χ3v) is 4.94. The molecule has 0 amide bonds. The van der Waals surface area contributed by atoms with E-state index in [2.05, 4.69) is 28.2 Å². The maximum atomic E-state index is 13.6. The Balaban J connectivity index is 2.13. The Hall–Kier alpha value is -0.220. The second-order valence-electron chi connectivity index (χ2n) is 4.07. The molecule has 1 aliphatic rings. The van der Waals surface area contributed by atoms with Gasteiger partial charge in [0, 0.05) is 15.8 Å². The molecule has 0 radical (unpaired) electrons. The number of benzene rings is 1. The number of anilines is 1. The lowest BCUT2D eigenvalue weighted by atomic mass is 10.1. The fourth-order valence-electron chi connectivity index (χ4n) is 1.93. The predicted octanol–water partition coefficient (Wildman–Crippen LogP) is 4.28. The zero-order valence-corrected chi connectivity index (χ0v) is 11.6. The van der Waals surface area contributed by atoms with Gasteiger partial charge in [0.15, 0.2) is 0 Å². The van der Waals surface area contributed by atoms with Crippen LogP contribution in [0.2, 0.25) is 0 Å². The van der Waals surface area contributed by atoms with Gasteiger partial charge in [-0.05, 0) is 46.7 Å². The molecule has 1 nitrogen and oxygen atoms in total. The van der Waals surface area contributed by atoms with Crippen LogP contribution >= 0.6 is 27.7 Å². The van der Waals surface area contributed by atoms with E-state index in [-0.39, 0.29) is 5.82 Å². The summed E-state index contributed by atoms with van der Waals surface area (Å²) in [6, 6.07) is 5.44. The molecule has 0 spiro atoms. The van der Waals surface area contributed by atoms with Crippen molar-refractivity contribution in [1.82, 2.24) is 0 Å². The molecule has 1 aromatic carbocycles. The van der Waals surface area contributed by atoms with Gasteiger partial charge in [0.05, 0.1) is 5.69 Å². The minimum atomic E-state index is -0.183. The van der Waals surface area contributed by atoms with Crippen LogP contribution in [0.4, 0.5) is 10.1 Å². The van der Waals surface area contributed by atoms with E-state index in [1.165, 1.54) is 18.2 Å². The number of hydrogen-bond acceptors (Lipinski definition) is 2. The quantitative estimate of drug-likeness (QED) is 0.875. The maximum absolute atomic E-state index is 13.6. The Morgan fingerprint density at radius 1 is 1.50 bits per heavy atom. The van der Waals surface area contributed by atoms with E-state index in [0.29, 0.717) is 17.0 Å². The molecule has 0 saturated carbocycles. The molecular formula is C12H15BrFNS. The van der Waals surface area contributed by atoms with Gasteiger partial charge in [-0.1, -0.05) is 13.0 Å². The van der Waals surface area contributed by atoms with Crippen molar-refractivity contribution in [2.75, 3.05) is 11.1 Å². The first-order valence-electron chi connectivity index (χ1n) is 5.50. The molecule has 1 saturated heterocycles. The first-order valence-corrected chi connectivity index (χ1v) is 7.35. The summed E-state index contributed by atoms with van der Waals surface area (Å²) in [6.07, 6.45) is 2.33. The van der Waals surface area contributed by atoms with Crippen LogP contribution < -0.4 is 5.32 Å². The Morgan fingerprint density at radius 3 is 3.00 bits per heavy atom. The minimum Gasteiger partial charge on any atom is -0.378 e. The third kappa shape index (κ3) is 2.72. The molecule has 2 atom stereocenters. The summed E-state index contributed by atoms with van der Waals surface area (Å²) in [5.41, 5.74) is 0.599. The molecule has 0 aromatic heterocycles. The molecule has 0 aliphatic carbocycles. The first kappa shape index (κ1) is 12.2. The highest BCUT2D eigenvalue weighted by atomic mass is 79.9. The Bertz CT molecular complexity index is 352. The fraction of sp³-hybridized carbons (Fsp3) is 0.500. The van der Waals surface area contributed by atoms with E-state index in [1.807, 2.05) is 17.8 Å². The number of thioether (sulfide) groups is 1. The number of para-hydroxylation sites is 1. The van der Waals surface area contributed by atoms with Crippen molar-refractivity contribution in [3.63, 3.8) is 0 Å². The average molecular weight is 304 g/mol. The molecule has 1 aliphatic heterocycles. The molecule has 2 rings (SSSR count). The number of halogens is 2. The van der Waals surface area contributed by atoms with E-state index >= 15 is 0 Å². The lowest BCUT2D eigenvalue weighted by Crippen LogP contribution is -2.33. The van der Waals surface area contributed by atoms with Crippen molar-refractivity contribution in [2.45, 2.75) is 31.1 Å². The standard InChI is InChI=1S/C12H15BrFNS/c1-8-11(6-3-7-16-8)15-12-9(13)4-2-5-10(12)14/h2,4-5,8,11,15H,3,6-7H2,1H3. The SMILES string of the molecule is CC1SCCCC1Nc1c(F)cccc1Br. The van der Waals surface area contributed by atoms with E-state index in [4.69, 9.17) is 0 Å². The van der Waals surface area contributed by atoms with Crippen molar-refractivity contribution in [3.05, 3.63) is 28.5 Å². The minimum absolute atomic E-state index is 0.183. The van der Waals surface area contributed by atoms with E-state index in [0.717, 1.165) is 10.9 Å². The van der Waals surface area contributed by atoms with Gasteiger partial charge in [0.1, 0.15) is 5.82 Å². The van der Waals surface area contributed by atoms with Crippen LogP contribution in [0.1, 0.15) is 19.8 Å². The van der Waals surface area contributed by atoms with Crippen molar-refractivity contribution in [2.24, 2.45) is 0 Å². The Kier molecular flexibility index (Phi) is 4.14. The van der Waals surface area contributed by atoms with Crippen molar-refractivity contribution in [3.8, 4) is 0 Å². The predicted molar refractivity (Wildman–Crippen MR) is 72.7 cm³/mol. The van der Waals surface area contributed by atoms with Crippen LogP contribution in [-0.4, -0.2) is 17.0 Å². The normalized spacial score (nSPS) is 25.4.